The molecule has 140 valence electrons. The van der Waals surface area contributed by atoms with Crippen LogP contribution in [0.1, 0.15) is 43.6 Å². The van der Waals surface area contributed by atoms with E-state index in [4.69, 9.17) is 14.2 Å². The first-order valence-corrected chi connectivity index (χ1v) is 8.73. The molecule has 0 saturated carbocycles. The molecule has 0 fully saturated rings. The number of amides is 1. The number of nitrogens with one attached hydrogen (secondary N) is 1. The van der Waals surface area contributed by atoms with Gasteiger partial charge in [-0.25, -0.2) is 0 Å². The van der Waals surface area contributed by atoms with E-state index in [-0.39, 0.29) is 18.1 Å². The van der Waals surface area contributed by atoms with E-state index < -0.39 is 0 Å². The van der Waals surface area contributed by atoms with Crippen LogP contribution in [-0.4, -0.2) is 25.2 Å². The van der Waals surface area contributed by atoms with Crippen molar-refractivity contribution in [2.24, 2.45) is 0 Å². The first-order valence-electron chi connectivity index (χ1n) is 8.73. The predicted octanol–water partition coefficient (Wildman–Crippen LogP) is 4.83. The second kappa shape index (κ2) is 8.61. The monoisotopic (exact) mass is 357 g/mol. The molecule has 0 radical (unpaired) electrons. The van der Waals surface area contributed by atoms with Crippen LogP contribution in [0.5, 0.6) is 17.2 Å². The molecule has 0 aromatic heterocycles. The maximum absolute atomic E-state index is 12.6. The molecule has 0 heterocycles. The summed E-state index contributed by atoms with van der Waals surface area (Å²) in [6, 6.07) is 10.8. The number of carbonyl (C=O) groups is 1. The van der Waals surface area contributed by atoms with Crippen molar-refractivity contribution in [3.05, 3.63) is 47.5 Å². The molecule has 26 heavy (non-hydrogen) atoms. The largest absolute Gasteiger partial charge is 0.493 e. The predicted molar refractivity (Wildman–Crippen MR) is 104 cm³/mol. The van der Waals surface area contributed by atoms with Crippen LogP contribution in [0, 0.1) is 6.92 Å². The summed E-state index contributed by atoms with van der Waals surface area (Å²) in [4.78, 5) is 12.6. The lowest BCUT2D eigenvalue weighted by atomic mass is 10.1. The minimum absolute atomic E-state index is 0.0257. The van der Waals surface area contributed by atoms with Crippen molar-refractivity contribution in [2.45, 2.75) is 46.8 Å². The molecule has 0 aliphatic carbocycles. The number of methoxy groups -OCH3 is 1. The fraction of sp³-hybridized carbons (Fsp3) is 0.381. The highest BCUT2D eigenvalue weighted by atomic mass is 16.5. The maximum atomic E-state index is 12.6. The van der Waals surface area contributed by atoms with Crippen molar-refractivity contribution in [1.29, 1.82) is 0 Å². The molecular formula is C21H27NO4. The van der Waals surface area contributed by atoms with Gasteiger partial charge in [-0.15, -0.1) is 0 Å². The highest BCUT2D eigenvalue weighted by Crippen LogP contribution is 2.30. The third-order valence-corrected chi connectivity index (χ3v) is 3.61. The second-order valence-electron chi connectivity index (χ2n) is 6.63. The van der Waals surface area contributed by atoms with E-state index in [1.165, 1.54) is 0 Å². The van der Waals surface area contributed by atoms with Crippen molar-refractivity contribution in [3.8, 4) is 17.2 Å². The molecular weight excluding hydrogens is 330 g/mol. The fourth-order valence-electron chi connectivity index (χ4n) is 2.48. The molecule has 2 aromatic rings. The Labute approximate surface area is 155 Å². The molecule has 0 aliphatic rings. The van der Waals surface area contributed by atoms with E-state index in [9.17, 15) is 4.79 Å². The number of aryl methyl sites for hydroxylation is 1. The van der Waals surface area contributed by atoms with Gasteiger partial charge in [0.05, 0.1) is 19.3 Å². The third kappa shape index (κ3) is 5.15. The average molecular weight is 357 g/mol. The van der Waals surface area contributed by atoms with Crippen LogP contribution in [0.4, 0.5) is 5.69 Å². The molecule has 0 saturated heterocycles. The van der Waals surface area contributed by atoms with Crippen LogP contribution in [0.2, 0.25) is 0 Å². The van der Waals surface area contributed by atoms with E-state index in [1.54, 1.807) is 25.3 Å². The summed E-state index contributed by atoms with van der Waals surface area (Å²) >= 11 is 0. The fourth-order valence-corrected chi connectivity index (χ4v) is 2.48. The number of ether oxygens (including phenoxy) is 3. The van der Waals surface area contributed by atoms with Crippen LogP contribution in [0.15, 0.2) is 36.4 Å². The van der Waals surface area contributed by atoms with Crippen LogP contribution in [0.3, 0.4) is 0 Å². The summed E-state index contributed by atoms with van der Waals surface area (Å²) in [5, 5.41) is 2.93. The number of benzene rings is 2. The molecule has 0 bridgehead atoms. The van der Waals surface area contributed by atoms with Crippen LogP contribution in [-0.2, 0) is 0 Å². The minimum atomic E-state index is -0.208. The summed E-state index contributed by atoms with van der Waals surface area (Å²) in [5.41, 5.74) is 2.18. The van der Waals surface area contributed by atoms with Gasteiger partial charge in [-0.1, -0.05) is 0 Å². The zero-order chi connectivity index (χ0) is 19.3. The number of carbonyl (C=O) groups excluding carboxylic acids is 1. The molecule has 2 rings (SSSR count). The SMILES string of the molecule is COc1cc(C(=O)Nc2ccc(OC(C)C)cc2C)ccc1OC(C)C. The third-order valence-electron chi connectivity index (χ3n) is 3.61. The Bertz CT molecular complexity index is 769. The highest BCUT2D eigenvalue weighted by Gasteiger charge is 2.13. The minimum Gasteiger partial charge on any atom is -0.493 e. The maximum Gasteiger partial charge on any atom is 0.255 e. The molecule has 2 aromatic carbocycles. The Kier molecular flexibility index (Phi) is 6.50. The van der Waals surface area contributed by atoms with Gasteiger partial charge in [-0.05, 0) is 76.6 Å². The Morgan fingerprint density at radius 2 is 1.62 bits per heavy atom. The molecule has 0 spiro atoms. The average Bonchev–Trinajstić information content (AvgIpc) is 2.56. The molecule has 5 nitrogen and oxygen atoms in total. The van der Waals surface area contributed by atoms with Crippen molar-refractivity contribution in [3.63, 3.8) is 0 Å². The first-order chi connectivity index (χ1) is 12.3. The topological polar surface area (TPSA) is 56.8 Å². The standard InChI is InChI=1S/C21H27NO4/c1-13(2)25-17-8-9-18(15(5)11-17)22-21(23)16-7-10-19(26-14(3)4)20(12-16)24-6/h7-14H,1-6H3,(H,22,23). The Balaban J connectivity index is 2.17. The van der Waals surface area contributed by atoms with E-state index in [1.807, 2.05) is 52.8 Å². The van der Waals surface area contributed by atoms with E-state index >= 15 is 0 Å². The number of hydrogen-bond acceptors (Lipinski definition) is 4. The summed E-state index contributed by atoms with van der Waals surface area (Å²) in [6.07, 6.45) is 0.131. The van der Waals surface area contributed by atoms with Gasteiger partial charge >= 0.3 is 0 Å². The van der Waals surface area contributed by atoms with Gasteiger partial charge in [0.1, 0.15) is 5.75 Å². The highest BCUT2D eigenvalue weighted by molar-refractivity contribution is 6.05. The van der Waals surface area contributed by atoms with Gasteiger partial charge in [-0.3, -0.25) is 4.79 Å². The summed E-state index contributed by atoms with van der Waals surface area (Å²) in [7, 11) is 1.56. The molecule has 0 unspecified atom stereocenters. The second-order valence-corrected chi connectivity index (χ2v) is 6.63. The molecule has 1 N–H and O–H groups in total. The van der Waals surface area contributed by atoms with Gasteiger partial charge in [0.15, 0.2) is 11.5 Å². The zero-order valence-corrected chi connectivity index (χ0v) is 16.3. The van der Waals surface area contributed by atoms with Gasteiger partial charge in [0.2, 0.25) is 0 Å². The van der Waals surface area contributed by atoms with E-state index in [0.717, 1.165) is 17.0 Å². The van der Waals surface area contributed by atoms with Crippen LogP contribution < -0.4 is 19.5 Å². The Morgan fingerprint density at radius 3 is 2.19 bits per heavy atom. The molecule has 1 amide bonds. The number of anilines is 1. The van der Waals surface area contributed by atoms with Gasteiger partial charge in [0.25, 0.3) is 5.91 Å². The van der Waals surface area contributed by atoms with Crippen molar-refractivity contribution in [2.75, 3.05) is 12.4 Å². The molecule has 5 heteroatoms. The number of rotatable bonds is 7. The Hall–Kier alpha value is -2.69. The number of hydrogen-bond donors (Lipinski definition) is 1. The van der Waals surface area contributed by atoms with Gasteiger partial charge in [-0.2, -0.15) is 0 Å². The Morgan fingerprint density at radius 1 is 0.923 bits per heavy atom. The van der Waals surface area contributed by atoms with Crippen LogP contribution in [0.25, 0.3) is 0 Å². The normalized spacial score (nSPS) is 10.8. The molecule has 0 atom stereocenters. The van der Waals surface area contributed by atoms with E-state index in [2.05, 4.69) is 5.32 Å². The lowest BCUT2D eigenvalue weighted by molar-refractivity contribution is 0.102. The first kappa shape index (κ1) is 19.6. The lowest BCUT2D eigenvalue weighted by Crippen LogP contribution is -2.14. The summed E-state index contributed by atoms with van der Waals surface area (Å²) in [6.45, 7) is 9.77. The van der Waals surface area contributed by atoms with E-state index in [0.29, 0.717) is 17.1 Å². The smallest absolute Gasteiger partial charge is 0.255 e. The summed E-state index contributed by atoms with van der Waals surface area (Å²) in [5.74, 6) is 1.72. The summed E-state index contributed by atoms with van der Waals surface area (Å²) < 4.78 is 16.7. The van der Waals surface area contributed by atoms with Gasteiger partial charge < -0.3 is 19.5 Å². The molecule has 0 aliphatic heterocycles. The van der Waals surface area contributed by atoms with Crippen molar-refractivity contribution >= 4 is 11.6 Å². The quantitative estimate of drug-likeness (QED) is 0.771. The van der Waals surface area contributed by atoms with Crippen LogP contribution >= 0.6 is 0 Å². The lowest BCUT2D eigenvalue weighted by Gasteiger charge is -2.15. The van der Waals surface area contributed by atoms with Crippen molar-refractivity contribution in [1.82, 2.24) is 0 Å². The van der Waals surface area contributed by atoms with Crippen molar-refractivity contribution < 1.29 is 19.0 Å². The van der Waals surface area contributed by atoms with Gasteiger partial charge in [0, 0.05) is 11.3 Å². The zero-order valence-electron chi connectivity index (χ0n) is 16.3.